The Hall–Kier alpha value is -5.07. The first-order valence-corrected chi connectivity index (χ1v) is 16.3. The van der Waals surface area contributed by atoms with Gasteiger partial charge in [-0.25, -0.2) is 22.2 Å². The lowest BCUT2D eigenvalue weighted by Crippen LogP contribution is -2.18. The minimum absolute atomic E-state index is 0.0404. The first-order valence-electron chi connectivity index (χ1n) is 14.6. The van der Waals surface area contributed by atoms with Crippen LogP contribution < -0.4 is 10.0 Å². The zero-order valence-corrected chi connectivity index (χ0v) is 25.8. The number of furan rings is 1. The summed E-state index contributed by atoms with van der Waals surface area (Å²) in [6.45, 7) is 1.46. The fraction of sp³-hybridized carbons (Fsp3) is 0.176. The molecule has 9 nitrogen and oxygen atoms in total. The summed E-state index contributed by atoms with van der Waals surface area (Å²) >= 11 is 0. The highest BCUT2D eigenvalue weighted by molar-refractivity contribution is 7.92. The Morgan fingerprint density at radius 1 is 1.02 bits per heavy atom. The van der Waals surface area contributed by atoms with Gasteiger partial charge in [-0.05, 0) is 79.9 Å². The number of nitrogens with one attached hydrogen (secondary N) is 3. The van der Waals surface area contributed by atoms with E-state index in [-0.39, 0.29) is 35.0 Å². The van der Waals surface area contributed by atoms with Crippen LogP contribution in [-0.2, 0) is 16.4 Å². The maximum atomic E-state index is 14.6. The first-order chi connectivity index (χ1) is 22.1. The van der Waals surface area contributed by atoms with Crippen LogP contribution in [0.25, 0.3) is 55.8 Å². The zero-order valence-electron chi connectivity index (χ0n) is 24.9. The maximum absolute atomic E-state index is 14.6. The van der Waals surface area contributed by atoms with Gasteiger partial charge in [0, 0.05) is 47.1 Å². The molecule has 0 atom stereocenters. The van der Waals surface area contributed by atoms with E-state index in [1.54, 1.807) is 30.3 Å². The predicted octanol–water partition coefficient (Wildman–Crippen LogP) is 6.63. The highest BCUT2D eigenvalue weighted by Crippen LogP contribution is 2.40. The number of rotatable bonds is 10. The number of hydrogen-bond acceptors (Lipinski definition) is 6. The molecule has 0 radical (unpaired) electrons. The van der Waals surface area contributed by atoms with Crippen LogP contribution in [0.2, 0.25) is 0 Å². The summed E-state index contributed by atoms with van der Waals surface area (Å²) in [5, 5.41) is 12.9. The van der Waals surface area contributed by atoms with Crippen LogP contribution in [0, 0.1) is 11.6 Å². The monoisotopic (exact) mass is 644 g/mol. The second-order valence-corrected chi connectivity index (χ2v) is 12.7. The molecule has 0 aliphatic carbocycles. The number of benzene rings is 3. The molecule has 236 valence electrons. The fourth-order valence-electron chi connectivity index (χ4n) is 5.42. The van der Waals surface area contributed by atoms with Crippen molar-refractivity contribution in [2.45, 2.75) is 19.8 Å². The van der Waals surface area contributed by atoms with Gasteiger partial charge in [-0.3, -0.25) is 9.52 Å². The van der Waals surface area contributed by atoms with E-state index in [1.807, 2.05) is 6.07 Å². The number of fused-ring (bicyclic) bond motifs is 2. The van der Waals surface area contributed by atoms with Crippen molar-refractivity contribution in [3.05, 3.63) is 95.6 Å². The lowest BCUT2D eigenvalue weighted by molar-refractivity contribution is 0.0964. The highest BCUT2D eigenvalue weighted by atomic mass is 32.2. The number of aromatic amines is 1. The smallest absolute Gasteiger partial charge is 0.255 e. The van der Waals surface area contributed by atoms with Crippen LogP contribution in [0.5, 0.6) is 0 Å². The number of carbonyl (C=O) groups excluding carboxylic acids is 1. The van der Waals surface area contributed by atoms with Gasteiger partial charge in [0.2, 0.25) is 10.0 Å². The third-order valence-corrected chi connectivity index (χ3v) is 9.05. The minimum Gasteiger partial charge on any atom is -0.455 e. The van der Waals surface area contributed by atoms with E-state index in [2.05, 4.69) is 15.0 Å². The number of amides is 1. The van der Waals surface area contributed by atoms with Crippen LogP contribution in [-0.4, -0.2) is 48.8 Å². The second kappa shape index (κ2) is 12.4. The van der Waals surface area contributed by atoms with Crippen LogP contribution in [0.15, 0.2) is 77.2 Å². The average Bonchev–Trinajstić information content (AvgIpc) is 3.66. The van der Waals surface area contributed by atoms with Gasteiger partial charge in [0.15, 0.2) is 0 Å². The number of aliphatic hydroxyl groups excluding tert-OH is 1. The summed E-state index contributed by atoms with van der Waals surface area (Å²) < 4.78 is 62.8. The van der Waals surface area contributed by atoms with Gasteiger partial charge < -0.3 is 19.8 Å². The Morgan fingerprint density at radius 3 is 2.50 bits per heavy atom. The standard InChI is InChI=1S/C34H30F2N4O5S/c1-3-46(43,44)40-28-18-30-24(31(34(42)37-2)33(45-30)20-9-12-21(35)13-10-20)16-23(28)27-14-11-19(6-5-15-41)32(39-27)29-17-22-25(36)7-4-8-26(22)38-29/h4,7-14,16-18,38,40-41H,3,5-6,15H2,1-2H3,(H,37,42). The Kier molecular flexibility index (Phi) is 8.32. The summed E-state index contributed by atoms with van der Waals surface area (Å²) in [6, 6.07) is 18.6. The van der Waals surface area contributed by atoms with Gasteiger partial charge in [0.1, 0.15) is 23.0 Å². The summed E-state index contributed by atoms with van der Waals surface area (Å²) in [5.41, 5.74) is 4.15. The van der Waals surface area contributed by atoms with Gasteiger partial charge in [-0.2, -0.15) is 0 Å². The third kappa shape index (κ3) is 5.84. The molecule has 0 saturated carbocycles. The summed E-state index contributed by atoms with van der Waals surface area (Å²) in [6.07, 6.45) is 0.946. The number of aromatic nitrogens is 2. The predicted molar refractivity (Wildman–Crippen MR) is 174 cm³/mol. The Balaban J connectivity index is 1.61. The Morgan fingerprint density at radius 2 is 1.80 bits per heavy atom. The van der Waals surface area contributed by atoms with E-state index < -0.39 is 27.6 Å². The molecule has 46 heavy (non-hydrogen) atoms. The van der Waals surface area contributed by atoms with Gasteiger partial charge in [0.05, 0.1) is 34.1 Å². The molecule has 0 bridgehead atoms. The van der Waals surface area contributed by atoms with Gasteiger partial charge in [0.25, 0.3) is 5.91 Å². The molecule has 0 unspecified atom stereocenters. The molecule has 1 amide bonds. The lowest BCUT2D eigenvalue weighted by atomic mass is 9.99. The molecule has 0 saturated heterocycles. The third-order valence-electron chi connectivity index (χ3n) is 7.76. The molecular formula is C34H30F2N4O5S. The van der Waals surface area contributed by atoms with Crippen molar-refractivity contribution in [1.82, 2.24) is 15.3 Å². The SMILES string of the molecule is CCS(=O)(=O)Nc1cc2oc(-c3ccc(F)cc3)c(C(=O)NC)c2cc1-c1ccc(CCCO)c(-c2cc3c(F)cccc3[nH]2)n1. The van der Waals surface area contributed by atoms with E-state index >= 15 is 0 Å². The molecule has 12 heteroatoms. The topological polar surface area (TPSA) is 137 Å². The number of pyridine rings is 1. The van der Waals surface area contributed by atoms with Crippen LogP contribution >= 0.6 is 0 Å². The van der Waals surface area contributed by atoms with Gasteiger partial charge in [-0.15, -0.1) is 0 Å². The summed E-state index contributed by atoms with van der Waals surface area (Å²) in [7, 11) is -2.30. The van der Waals surface area contributed by atoms with Crippen molar-refractivity contribution < 1.29 is 31.5 Å². The second-order valence-electron chi connectivity index (χ2n) is 10.7. The Labute approximate surface area is 263 Å². The molecule has 0 fully saturated rings. The molecule has 3 aromatic carbocycles. The number of aliphatic hydroxyl groups is 1. The summed E-state index contributed by atoms with van der Waals surface area (Å²) in [4.78, 5) is 21.4. The number of H-pyrrole nitrogens is 1. The maximum Gasteiger partial charge on any atom is 0.255 e. The van der Waals surface area contributed by atoms with Gasteiger partial charge >= 0.3 is 0 Å². The zero-order chi connectivity index (χ0) is 32.6. The van der Waals surface area contributed by atoms with Gasteiger partial charge in [-0.1, -0.05) is 12.1 Å². The quantitative estimate of drug-likeness (QED) is 0.132. The lowest BCUT2D eigenvalue weighted by Gasteiger charge is -2.15. The number of anilines is 1. The molecule has 0 spiro atoms. The Bertz CT molecular complexity index is 2210. The van der Waals surface area contributed by atoms with Crippen molar-refractivity contribution >= 4 is 43.5 Å². The normalized spacial score (nSPS) is 11.8. The van der Waals surface area contributed by atoms with Crippen LogP contribution in [0.1, 0.15) is 29.3 Å². The van der Waals surface area contributed by atoms with Crippen molar-refractivity contribution in [3.8, 4) is 34.0 Å². The molecule has 0 aliphatic rings. The molecule has 6 rings (SSSR count). The number of sulfonamides is 1. The molecule has 4 N–H and O–H groups in total. The minimum atomic E-state index is -3.77. The van der Waals surface area contributed by atoms with Crippen molar-refractivity contribution in [2.75, 3.05) is 24.1 Å². The number of carbonyl (C=O) groups is 1. The van der Waals surface area contributed by atoms with E-state index in [0.717, 1.165) is 5.56 Å². The number of hydrogen-bond donors (Lipinski definition) is 4. The van der Waals surface area contributed by atoms with E-state index in [9.17, 15) is 27.1 Å². The van der Waals surface area contributed by atoms with E-state index in [1.165, 1.54) is 50.4 Å². The van der Waals surface area contributed by atoms with Crippen LogP contribution in [0.4, 0.5) is 14.5 Å². The number of nitrogens with zero attached hydrogens (tertiary/aromatic N) is 1. The van der Waals surface area contributed by atoms with E-state index in [4.69, 9.17) is 9.40 Å². The number of halogens is 2. The highest BCUT2D eigenvalue weighted by Gasteiger charge is 2.25. The molecule has 3 heterocycles. The van der Waals surface area contributed by atoms with Crippen LogP contribution in [0.3, 0.4) is 0 Å². The average molecular weight is 645 g/mol. The van der Waals surface area contributed by atoms with Crippen molar-refractivity contribution in [2.24, 2.45) is 0 Å². The molecule has 0 aliphatic heterocycles. The molecule has 3 aromatic heterocycles. The molecule has 6 aromatic rings. The first kappa shape index (κ1) is 30.9. The largest absolute Gasteiger partial charge is 0.455 e. The fourth-order valence-corrected chi connectivity index (χ4v) is 6.07. The van der Waals surface area contributed by atoms with E-state index in [0.29, 0.717) is 57.3 Å². The van der Waals surface area contributed by atoms with Crippen molar-refractivity contribution in [1.29, 1.82) is 0 Å². The molecular weight excluding hydrogens is 614 g/mol. The summed E-state index contributed by atoms with van der Waals surface area (Å²) in [5.74, 6) is -1.33. The number of aryl methyl sites for hydroxylation is 1. The van der Waals surface area contributed by atoms with Crippen molar-refractivity contribution in [3.63, 3.8) is 0 Å².